The van der Waals surface area contributed by atoms with Crippen LogP contribution < -0.4 is 14.8 Å². The molecule has 2 aromatic carbocycles. The van der Waals surface area contributed by atoms with Gasteiger partial charge < -0.3 is 14.8 Å². The zero-order valence-electron chi connectivity index (χ0n) is 14.8. The Bertz CT molecular complexity index is 875. The van der Waals surface area contributed by atoms with E-state index < -0.39 is 0 Å². The molecule has 6 nitrogen and oxygen atoms in total. The van der Waals surface area contributed by atoms with Gasteiger partial charge in [0.15, 0.2) is 0 Å². The lowest BCUT2D eigenvalue weighted by Crippen LogP contribution is -2.26. The van der Waals surface area contributed by atoms with Crippen molar-refractivity contribution < 1.29 is 14.3 Å². The maximum atomic E-state index is 12.4. The summed E-state index contributed by atoms with van der Waals surface area (Å²) in [4.78, 5) is 12.4. The van der Waals surface area contributed by atoms with Crippen LogP contribution in [0.1, 0.15) is 15.9 Å². The lowest BCUT2D eigenvalue weighted by molar-refractivity contribution is 0.0950. The Kier molecular flexibility index (Phi) is 5.53. The van der Waals surface area contributed by atoms with E-state index in [1.807, 2.05) is 47.4 Å². The molecule has 1 amide bonds. The molecule has 3 aromatic rings. The number of hydrogen-bond donors (Lipinski definition) is 1. The molecule has 0 aliphatic rings. The van der Waals surface area contributed by atoms with Gasteiger partial charge in [0, 0.05) is 12.7 Å². The first kappa shape index (κ1) is 17.5. The number of benzene rings is 2. The van der Waals surface area contributed by atoms with Gasteiger partial charge in [-0.2, -0.15) is 5.10 Å². The fourth-order valence-corrected chi connectivity index (χ4v) is 2.62. The normalized spacial score (nSPS) is 10.4. The topological polar surface area (TPSA) is 65.4 Å². The van der Waals surface area contributed by atoms with E-state index in [-0.39, 0.29) is 5.91 Å². The summed E-state index contributed by atoms with van der Waals surface area (Å²) >= 11 is 0. The van der Waals surface area contributed by atoms with Crippen molar-refractivity contribution in [2.75, 3.05) is 20.8 Å². The van der Waals surface area contributed by atoms with E-state index in [1.165, 1.54) is 7.11 Å². The third kappa shape index (κ3) is 4.03. The van der Waals surface area contributed by atoms with Crippen molar-refractivity contribution in [3.05, 3.63) is 72.1 Å². The predicted molar refractivity (Wildman–Crippen MR) is 99.1 cm³/mol. The lowest BCUT2D eigenvalue weighted by atomic mass is 10.1. The maximum Gasteiger partial charge on any atom is 0.255 e. The molecule has 1 N–H and O–H groups in total. The van der Waals surface area contributed by atoms with Crippen LogP contribution in [-0.4, -0.2) is 36.5 Å². The van der Waals surface area contributed by atoms with Crippen molar-refractivity contribution >= 4 is 5.91 Å². The van der Waals surface area contributed by atoms with Gasteiger partial charge in [0.05, 0.1) is 31.7 Å². The van der Waals surface area contributed by atoms with E-state index >= 15 is 0 Å². The minimum Gasteiger partial charge on any atom is -0.497 e. The minimum absolute atomic E-state index is 0.198. The fourth-order valence-electron chi connectivity index (χ4n) is 2.62. The highest BCUT2D eigenvalue weighted by atomic mass is 16.5. The Hall–Kier alpha value is -3.28. The van der Waals surface area contributed by atoms with Crippen LogP contribution in [0.3, 0.4) is 0 Å². The molecule has 6 heteroatoms. The van der Waals surface area contributed by atoms with E-state index in [4.69, 9.17) is 9.47 Å². The summed E-state index contributed by atoms with van der Waals surface area (Å²) < 4.78 is 12.3. The minimum atomic E-state index is -0.198. The van der Waals surface area contributed by atoms with Crippen LogP contribution in [0.5, 0.6) is 11.5 Å². The summed E-state index contributed by atoms with van der Waals surface area (Å²) in [6.45, 7) is 0.500. The van der Waals surface area contributed by atoms with Crippen LogP contribution in [0, 0.1) is 0 Å². The molecular weight excluding hydrogens is 330 g/mol. The van der Waals surface area contributed by atoms with Crippen LogP contribution in [0.2, 0.25) is 0 Å². The Labute approximate surface area is 152 Å². The summed E-state index contributed by atoms with van der Waals surface area (Å²) in [6, 6.07) is 15.0. The molecule has 0 saturated heterocycles. The smallest absolute Gasteiger partial charge is 0.255 e. The number of methoxy groups -OCH3 is 2. The molecule has 0 fully saturated rings. The summed E-state index contributed by atoms with van der Waals surface area (Å²) in [5.74, 6) is 0.927. The molecule has 0 radical (unpaired) electrons. The van der Waals surface area contributed by atoms with Crippen LogP contribution in [0.15, 0.2) is 60.9 Å². The lowest BCUT2D eigenvalue weighted by Gasteiger charge is -2.10. The molecule has 26 heavy (non-hydrogen) atoms. The largest absolute Gasteiger partial charge is 0.497 e. The first-order chi connectivity index (χ1) is 12.7. The van der Waals surface area contributed by atoms with E-state index in [0.29, 0.717) is 30.0 Å². The number of nitrogens with zero attached hydrogens (tertiary/aromatic N) is 2. The van der Waals surface area contributed by atoms with Gasteiger partial charge in [0.25, 0.3) is 5.91 Å². The van der Waals surface area contributed by atoms with Gasteiger partial charge in [-0.25, -0.2) is 4.68 Å². The summed E-state index contributed by atoms with van der Waals surface area (Å²) in [6.07, 6.45) is 4.46. The first-order valence-electron chi connectivity index (χ1n) is 8.30. The van der Waals surface area contributed by atoms with E-state index in [1.54, 1.807) is 25.3 Å². The van der Waals surface area contributed by atoms with Crippen molar-refractivity contribution in [1.29, 1.82) is 0 Å². The third-order valence-corrected chi connectivity index (χ3v) is 4.01. The van der Waals surface area contributed by atoms with Crippen LogP contribution in [0.4, 0.5) is 0 Å². The number of hydrogen-bond acceptors (Lipinski definition) is 4. The van der Waals surface area contributed by atoms with Gasteiger partial charge in [0.2, 0.25) is 0 Å². The van der Waals surface area contributed by atoms with Crippen LogP contribution in [0.25, 0.3) is 5.69 Å². The number of ether oxygens (including phenoxy) is 2. The highest BCUT2D eigenvalue weighted by molar-refractivity contribution is 5.97. The van der Waals surface area contributed by atoms with Crippen molar-refractivity contribution in [3.8, 4) is 17.2 Å². The standard InChI is InChI=1S/C20H21N3O3/c1-25-17-8-9-19(26-2)18(12-17)20(24)21-11-10-15-13-22-23(14-15)16-6-4-3-5-7-16/h3-9,12-14H,10-11H2,1-2H3,(H,21,24). The SMILES string of the molecule is COc1ccc(OC)c(C(=O)NCCc2cnn(-c3ccccc3)c2)c1. The Balaban J connectivity index is 1.60. The maximum absolute atomic E-state index is 12.4. The number of rotatable bonds is 7. The molecule has 0 spiro atoms. The Morgan fingerprint density at radius 2 is 1.92 bits per heavy atom. The zero-order chi connectivity index (χ0) is 18.4. The molecule has 1 aromatic heterocycles. The second-order valence-electron chi connectivity index (χ2n) is 5.70. The Morgan fingerprint density at radius 3 is 2.65 bits per heavy atom. The number of amides is 1. The number of carbonyl (C=O) groups excluding carboxylic acids is 1. The Morgan fingerprint density at radius 1 is 1.12 bits per heavy atom. The predicted octanol–water partition coefficient (Wildman–Crippen LogP) is 2.86. The van der Waals surface area contributed by atoms with Gasteiger partial charge in [-0.1, -0.05) is 18.2 Å². The average Bonchev–Trinajstić information content (AvgIpc) is 3.17. The zero-order valence-corrected chi connectivity index (χ0v) is 14.8. The second kappa shape index (κ2) is 8.20. The second-order valence-corrected chi connectivity index (χ2v) is 5.70. The molecule has 0 aliphatic carbocycles. The highest BCUT2D eigenvalue weighted by Gasteiger charge is 2.13. The van der Waals surface area contributed by atoms with Crippen molar-refractivity contribution in [1.82, 2.24) is 15.1 Å². The molecule has 0 bridgehead atoms. The average molecular weight is 351 g/mol. The molecule has 1 heterocycles. The summed E-state index contributed by atoms with van der Waals surface area (Å²) in [5.41, 5.74) is 2.50. The van der Waals surface area contributed by atoms with Gasteiger partial charge in [0.1, 0.15) is 11.5 Å². The van der Waals surface area contributed by atoms with Crippen molar-refractivity contribution in [2.45, 2.75) is 6.42 Å². The number of para-hydroxylation sites is 1. The van der Waals surface area contributed by atoms with Crippen molar-refractivity contribution in [2.24, 2.45) is 0 Å². The molecule has 0 saturated carbocycles. The van der Waals surface area contributed by atoms with Gasteiger partial charge in [-0.15, -0.1) is 0 Å². The number of aromatic nitrogens is 2. The molecule has 0 aliphatic heterocycles. The molecule has 0 atom stereocenters. The monoisotopic (exact) mass is 351 g/mol. The van der Waals surface area contributed by atoms with Gasteiger partial charge in [-0.05, 0) is 42.3 Å². The quantitative estimate of drug-likeness (QED) is 0.711. The molecule has 0 unspecified atom stereocenters. The van der Waals surface area contributed by atoms with E-state index in [9.17, 15) is 4.79 Å². The van der Waals surface area contributed by atoms with Crippen LogP contribution in [-0.2, 0) is 6.42 Å². The summed E-state index contributed by atoms with van der Waals surface area (Å²) in [5, 5.41) is 7.27. The highest BCUT2D eigenvalue weighted by Crippen LogP contribution is 2.23. The van der Waals surface area contributed by atoms with Gasteiger partial charge in [-0.3, -0.25) is 4.79 Å². The van der Waals surface area contributed by atoms with E-state index in [0.717, 1.165) is 11.3 Å². The molecular formula is C20H21N3O3. The third-order valence-electron chi connectivity index (χ3n) is 4.01. The first-order valence-corrected chi connectivity index (χ1v) is 8.30. The van der Waals surface area contributed by atoms with Crippen LogP contribution >= 0.6 is 0 Å². The summed E-state index contributed by atoms with van der Waals surface area (Å²) in [7, 11) is 3.10. The molecule has 3 rings (SSSR count). The van der Waals surface area contributed by atoms with E-state index in [2.05, 4.69) is 10.4 Å². The van der Waals surface area contributed by atoms with Crippen molar-refractivity contribution in [3.63, 3.8) is 0 Å². The van der Waals surface area contributed by atoms with Gasteiger partial charge >= 0.3 is 0 Å². The number of carbonyl (C=O) groups is 1. The molecule has 134 valence electrons. The number of nitrogens with one attached hydrogen (secondary N) is 1. The fraction of sp³-hybridized carbons (Fsp3) is 0.200.